The maximum atomic E-state index is 9.35. The van der Waals surface area contributed by atoms with Crippen LogP contribution in [0, 0.1) is 25.2 Å². The van der Waals surface area contributed by atoms with E-state index in [0.29, 0.717) is 41.8 Å². The number of aromatic nitrogens is 3. The average Bonchev–Trinajstić information content (AvgIpc) is 3.88. The van der Waals surface area contributed by atoms with Crippen LogP contribution in [0.4, 0.5) is 0 Å². The van der Waals surface area contributed by atoms with Crippen LogP contribution in [0.1, 0.15) is 58.3 Å². The Balaban J connectivity index is 1.16. The molecule has 270 valence electrons. The van der Waals surface area contributed by atoms with Gasteiger partial charge in [0.05, 0.1) is 22.9 Å². The predicted octanol–water partition coefficient (Wildman–Crippen LogP) is 8.31. The maximum absolute atomic E-state index is 9.35. The molecule has 10 heteroatoms. The van der Waals surface area contributed by atoms with Gasteiger partial charge in [0, 0.05) is 61.8 Å². The van der Waals surface area contributed by atoms with Crippen molar-refractivity contribution in [2.45, 2.75) is 59.3 Å². The summed E-state index contributed by atoms with van der Waals surface area (Å²) in [6.45, 7) is 10.5. The molecule has 6 rings (SSSR count). The minimum Gasteiger partial charge on any atom is -0.493 e. The Morgan fingerprint density at radius 2 is 1.67 bits per heavy atom. The summed E-state index contributed by atoms with van der Waals surface area (Å²) < 4.78 is 19.1. The number of nitrogens with one attached hydrogen (secondary N) is 1. The number of pyridine rings is 1. The minimum atomic E-state index is 0.245. The molecular weight excluding hydrogens is 672 g/mol. The smallest absolute Gasteiger partial charge is 0.142 e. The minimum absolute atomic E-state index is 0.245. The molecule has 5 aromatic rings. The molecule has 1 saturated heterocycles. The second-order valence-corrected chi connectivity index (χ2v) is 13.9. The number of halogens is 1. The van der Waals surface area contributed by atoms with E-state index in [1.165, 1.54) is 32.1 Å². The Labute approximate surface area is 312 Å². The van der Waals surface area contributed by atoms with Crippen molar-refractivity contribution in [1.29, 1.82) is 5.26 Å². The van der Waals surface area contributed by atoms with E-state index >= 15 is 0 Å². The van der Waals surface area contributed by atoms with Crippen LogP contribution in [0.3, 0.4) is 0 Å². The molecular formula is C42H47ClN6O3. The molecule has 0 aliphatic carbocycles. The Bertz CT molecular complexity index is 1970. The van der Waals surface area contributed by atoms with E-state index in [1.807, 2.05) is 24.4 Å². The van der Waals surface area contributed by atoms with Crippen molar-refractivity contribution < 1.29 is 14.2 Å². The van der Waals surface area contributed by atoms with Gasteiger partial charge in [-0.25, -0.2) is 0 Å². The van der Waals surface area contributed by atoms with E-state index in [9.17, 15) is 5.26 Å². The van der Waals surface area contributed by atoms with Crippen LogP contribution in [0.25, 0.3) is 11.1 Å². The summed E-state index contributed by atoms with van der Waals surface area (Å²) in [4.78, 5) is 8.92. The van der Waals surface area contributed by atoms with Crippen molar-refractivity contribution in [3.05, 3.63) is 123 Å². The highest BCUT2D eigenvalue weighted by atomic mass is 35.5. The van der Waals surface area contributed by atoms with Gasteiger partial charge in [-0.05, 0) is 105 Å². The molecule has 3 aromatic carbocycles. The highest BCUT2D eigenvalue weighted by molar-refractivity contribution is 6.32. The molecule has 0 amide bonds. The van der Waals surface area contributed by atoms with Gasteiger partial charge in [0.15, 0.2) is 0 Å². The van der Waals surface area contributed by atoms with Gasteiger partial charge in [-0.15, -0.1) is 0 Å². The van der Waals surface area contributed by atoms with Gasteiger partial charge in [0.1, 0.15) is 36.5 Å². The molecule has 1 aliphatic heterocycles. The fourth-order valence-electron chi connectivity index (χ4n) is 6.66. The molecule has 0 spiro atoms. The number of benzene rings is 3. The maximum Gasteiger partial charge on any atom is 0.142 e. The molecule has 0 bridgehead atoms. The van der Waals surface area contributed by atoms with Gasteiger partial charge in [0.2, 0.25) is 0 Å². The number of nitriles is 1. The number of hydrogen-bond donors (Lipinski definition) is 1. The highest BCUT2D eigenvalue weighted by Crippen LogP contribution is 2.37. The Kier molecular flexibility index (Phi) is 12.8. The third kappa shape index (κ3) is 9.71. The molecule has 1 aliphatic rings. The van der Waals surface area contributed by atoms with Crippen LogP contribution >= 0.6 is 11.6 Å². The van der Waals surface area contributed by atoms with Crippen molar-refractivity contribution in [2.75, 3.05) is 39.8 Å². The first-order valence-electron chi connectivity index (χ1n) is 18.0. The molecule has 52 heavy (non-hydrogen) atoms. The van der Waals surface area contributed by atoms with Crippen LogP contribution < -0.4 is 14.2 Å². The first-order chi connectivity index (χ1) is 25.4. The zero-order valence-corrected chi connectivity index (χ0v) is 31.1. The van der Waals surface area contributed by atoms with Crippen molar-refractivity contribution in [3.8, 4) is 34.4 Å². The van der Waals surface area contributed by atoms with E-state index in [1.54, 1.807) is 12.3 Å². The second kappa shape index (κ2) is 18.1. The van der Waals surface area contributed by atoms with Gasteiger partial charge in [-0.1, -0.05) is 41.9 Å². The van der Waals surface area contributed by atoms with Gasteiger partial charge in [-0.2, -0.15) is 10.4 Å². The number of nitrogens with zero attached hydrogens (tertiary/aromatic N) is 5. The first kappa shape index (κ1) is 36.9. The lowest BCUT2D eigenvalue weighted by Gasteiger charge is -2.21. The lowest BCUT2D eigenvalue weighted by molar-refractivity contribution is 0.262. The van der Waals surface area contributed by atoms with E-state index in [0.717, 1.165) is 76.3 Å². The SMILES string of the molecule is Cc1c(COc2cc(OCc3cncc(C#N)c3)c(CN(C)CCc3cc[nH]n3)cc2Cl)cccc1-c1cccc(OCCCN2CCCC2)c1C. The lowest BCUT2D eigenvalue weighted by Crippen LogP contribution is -2.22. The number of likely N-dealkylation sites (tertiary alicyclic amines) is 1. The number of hydrogen-bond acceptors (Lipinski definition) is 8. The molecule has 0 atom stereocenters. The molecule has 1 N–H and O–H groups in total. The molecule has 1 fully saturated rings. The van der Waals surface area contributed by atoms with Gasteiger partial charge >= 0.3 is 0 Å². The van der Waals surface area contributed by atoms with Gasteiger partial charge in [-0.3, -0.25) is 10.1 Å². The summed E-state index contributed by atoms with van der Waals surface area (Å²) in [6.07, 6.45) is 9.54. The number of rotatable bonds is 17. The summed E-state index contributed by atoms with van der Waals surface area (Å²) in [6, 6.07) is 22.3. The van der Waals surface area contributed by atoms with Crippen molar-refractivity contribution in [1.82, 2.24) is 25.0 Å². The van der Waals surface area contributed by atoms with Gasteiger partial charge < -0.3 is 24.0 Å². The van der Waals surface area contributed by atoms with Crippen LogP contribution in [0.2, 0.25) is 5.02 Å². The summed E-state index contributed by atoms with van der Waals surface area (Å²) in [7, 11) is 2.06. The van der Waals surface area contributed by atoms with Crippen LogP contribution in [0.5, 0.6) is 17.2 Å². The first-order valence-corrected chi connectivity index (χ1v) is 18.4. The molecule has 0 radical (unpaired) electrons. The van der Waals surface area contributed by atoms with Crippen molar-refractivity contribution >= 4 is 11.6 Å². The molecule has 2 aromatic heterocycles. The molecule has 0 unspecified atom stereocenters. The van der Waals surface area contributed by atoms with E-state index in [4.69, 9.17) is 25.8 Å². The van der Waals surface area contributed by atoms with Crippen LogP contribution in [-0.2, 0) is 26.2 Å². The average molecular weight is 719 g/mol. The Morgan fingerprint density at radius 1 is 0.885 bits per heavy atom. The third-order valence-corrected chi connectivity index (χ3v) is 9.96. The number of ether oxygens (including phenoxy) is 3. The summed E-state index contributed by atoms with van der Waals surface area (Å²) >= 11 is 6.88. The summed E-state index contributed by atoms with van der Waals surface area (Å²) in [5, 5.41) is 17.0. The van der Waals surface area contributed by atoms with E-state index in [-0.39, 0.29) is 6.61 Å². The topological polar surface area (TPSA) is 99.5 Å². The fourth-order valence-corrected chi connectivity index (χ4v) is 6.91. The number of aromatic amines is 1. The summed E-state index contributed by atoms with van der Waals surface area (Å²) in [5.74, 6) is 2.13. The normalized spacial score (nSPS) is 13.0. The lowest BCUT2D eigenvalue weighted by atomic mass is 9.93. The molecule has 9 nitrogen and oxygen atoms in total. The molecule has 0 saturated carbocycles. The van der Waals surface area contributed by atoms with Gasteiger partial charge in [0.25, 0.3) is 0 Å². The number of H-pyrrole nitrogens is 1. The Morgan fingerprint density at radius 3 is 2.46 bits per heavy atom. The number of likely N-dealkylation sites (N-methyl/N-ethyl adjacent to an activating group) is 1. The standard InChI is InChI=1S/C42H47ClN6O3/c1-30-34(9-6-10-37(30)38-11-7-12-40(31(38)2)50-20-8-18-49-16-4-5-17-49)29-52-42-23-41(51-28-33-21-32(24-44)25-45-26-33)35(22-39(42)43)27-48(3)19-14-36-13-15-46-47-36/h6-7,9-13,15,21-23,25-26H,4-5,8,14,16-20,27-29H2,1-3H3,(H,46,47). The van der Waals surface area contributed by atoms with E-state index in [2.05, 4.69) is 88.3 Å². The largest absolute Gasteiger partial charge is 0.493 e. The zero-order valence-electron chi connectivity index (χ0n) is 30.3. The van der Waals surface area contributed by atoms with Crippen LogP contribution in [0.15, 0.2) is 79.3 Å². The highest BCUT2D eigenvalue weighted by Gasteiger charge is 2.17. The van der Waals surface area contributed by atoms with Crippen molar-refractivity contribution in [3.63, 3.8) is 0 Å². The quantitative estimate of drug-likeness (QED) is 0.0959. The van der Waals surface area contributed by atoms with Crippen LogP contribution in [-0.4, -0.2) is 64.8 Å². The second-order valence-electron chi connectivity index (χ2n) is 13.5. The summed E-state index contributed by atoms with van der Waals surface area (Å²) in [5.41, 5.74) is 8.87. The Hall–Kier alpha value is -4.88. The monoisotopic (exact) mass is 718 g/mol. The molecule has 3 heterocycles. The third-order valence-electron chi connectivity index (χ3n) is 9.66. The fraction of sp³-hybridized carbons (Fsp3) is 0.357. The predicted molar refractivity (Wildman–Crippen MR) is 205 cm³/mol. The van der Waals surface area contributed by atoms with E-state index < -0.39 is 0 Å². The van der Waals surface area contributed by atoms with Crippen molar-refractivity contribution in [2.24, 2.45) is 0 Å². The zero-order chi connectivity index (χ0) is 36.3.